The maximum atomic E-state index is 11.6. The summed E-state index contributed by atoms with van der Waals surface area (Å²) in [5.41, 5.74) is -0.0391. The van der Waals surface area contributed by atoms with Crippen LogP contribution in [0.1, 0.15) is 36.7 Å². The van der Waals surface area contributed by atoms with E-state index in [0.29, 0.717) is 12.4 Å². The molecule has 136 valence electrons. The maximum absolute atomic E-state index is 11.6. The first-order valence-electron chi connectivity index (χ1n) is 8.62. The molecule has 25 heavy (non-hydrogen) atoms. The van der Waals surface area contributed by atoms with Gasteiger partial charge in [-0.1, -0.05) is 0 Å². The summed E-state index contributed by atoms with van der Waals surface area (Å²) in [6.45, 7) is 4.50. The average Bonchev–Trinajstić information content (AvgIpc) is 2.62. The molecule has 8 heteroatoms. The first-order chi connectivity index (χ1) is 11.9. The summed E-state index contributed by atoms with van der Waals surface area (Å²) in [6, 6.07) is 0. The predicted octanol–water partition coefficient (Wildman–Crippen LogP) is 0.622. The molecule has 1 amide bonds. The number of hydrogen-bond donors (Lipinski definition) is 2. The van der Waals surface area contributed by atoms with Crippen molar-refractivity contribution >= 4 is 17.7 Å². The molecule has 0 aromatic carbocycles. The molecule has 2 saturated heterocycles. The highest BCUT2D eigenvalue weighted by atomic mass is 16.4. The number of likely N-dealkylation sites (tertiary alicyclic amines) is 1. The number of rotatable bonds is 3. The number of amides is 1. The van der Waals surface area contributed by atoms with Crippen LogP contribution in [0.25, 0.3) is 0 Å². The van der Waals surface area contributed by atoms with Crippen LogP contribution in [0.5, 0.6) is 0 Å². The Bertz CT molecular complexity index is 658. The summed E-state index contributed by atoms with van der Waals surface area (Å²) in [5.74, 6) is -0.383. The molecule has 2 aliphatic rings. The fourth-order valence-corrected chi connectivity index (χ4v) is 4.11. The molecule has 2 N–H and O–H groups in total. The van der Waals surface area contributed by atoms with Gasteiger partial charge in [-0.25, -0.2) is 9.78 Å². The molecular weight excluding hydrogens is 324 g/mol. The number of aliphatic hydroxyl groups excluding tert-OH is 1. The molecular formula is C17H24N4O4. The van der Waals surface area contributed by atoms with Crippen molar-refractivity contribution in [2.75, 3.05) is 37.7 Å². The van der Waals surface area contributed by atoms with Gasteiger partial charge in [-0.05, 0) is 24.7 Å². The third kappa shape index (κ3) is 3.44. The topological polar surface area (TPSA) is 107 Å². The number of carbonyl (C=O) groups excluding carboxylic acids is 1. The quantitative estimate of drug-likeness (QED) is 0.824. The van der Waals surface area contributed by atoms with Gasteiger partial charge in [0.25, 0.3) is 0 Å². The van der Waals surface area contributed by atoms with E-state index in [-0.39, 0.29) is 29.5 Å². The predicted molar refractivity (Wildman–Crippen MR) is 90.3 cm³/mol. The van der Waals surface area contributed by atoms with Crippen LogP contribution in [0, 0.1) is 11.3 Å². The number of aromatic nitrogens is 2. The summed E-state index contributed by atoms with van der Waals surface area (Å²) in [5, 5.41) is 19.0. The second-order valence-electron chi connectivity index (χ2n) is 7.01. The SMILES string of the molecule is CC(=O)N1CCC2(CC1)CCN(c1cncc(C(=O)O)n1)CC2CO. The van der Waals surface area contributed by atoms with Crippen molar-refractivity contribution in [3.8, 4) is 0 Å². The van der Waals surface area contributed by atoms with Crippen LogP contribution in [0.15, 0.2) is 12.4 Å². The van der Waals surface area contributed by atoms with Crippen molar-refractivity contribution in [2.24, 2.45) is 11.3 Å². The molecule has 3 rings (SSSR count). The first kappa shape index (κ1) is 17.6. The Morgan fingerprint density at radius 3 is 2.52 bits per heavy atom. The Morgan fingerprint density at radius 2 is 1.92 bits per heavy atom. The van der Waals surface area contributed by atoms with Gasteiger partial charge in [0, 0.05) is 45.6 Å². The lowest BCUT2D eigenvalue weighted by atomic mass is 9.64. The zero-order valence-electron chi connectivity index (χ0n) is 14.4. The first-order valence-corrected chi connectivity index (χ1v) is 8.62. The van der Waals surface area contributed by atoms with Crippen molar-refractivity contribution in [3.05, 3.63) is 18.1 Å². The Kier molecular flexibility index (Phi) is 4.89. The van der Waals surface area contributed by atoms with Gasteiger partial charge in [0.2, 0.25) is 5.91 Å². The van der Waals surface area contributed by atoms with Gasteiger partial charge in [0.15, 0.2) is 5.69 Å². The molecule has 0 aliphatic carbocycles. The lowest BCUT2D eigenvalue weighted by Crippen LogP contribution is -2.54. The normalized spacial score (nSPS) is 22.9. The summed E-state index contributed by atoms with van der Waals surface area (Å²) < 4.78 is 0. The van der Waals surface area contributed by atoms with Crippen LogP contribution < -0.4 is 4.90 Å². The Balaban J connectivity index is 1.73. The summed E-state index contributed by atoms with van der Waals surface area (Å²) >= 11 is 0. The minimum atomic E-state index is -1.10. The lowest BCUT2D eigenvalue weighted by Gasteiger charge is -2.51. The summed E-state index contributed by atoms with van der Waals surface area (Å²) in [6.07, 6.45) is 5.48. The number of carboxylic acid groups (broad SMARTS) is 1. The standard InChI is InChI=1S/C17H24N4O4/c1-12(23)20-5-2-17(3-6-20)4-7-21(10-13(17)11-22)15-9-18-8-14(19-15)16(24)25/h8-9,13,22H,2-7,10-11H2,1H3,(H,24,25). The molecule has 2 aliphatic heterocycles. The molecule has 0 saturated carbocycles. The van der Waals surface area contributed by atoms with E-state index in [1.165, 1.54) is 6.20 Å². The second kappa shape index (κ2) is 6.95. The van der Waals surface area contributed by atoms with Gasteiger partial charge in [0.1, 0.15) is 5.82 Å². The Hall–Kier alpha value is -2.22. The maximum Gasteiger partial charge on any atom is 0.356 e. The van der Waals surface area contributed by atoms with Gasteiger partial charge in [-0.15, -0.1) is 0 Å². The zero-order valence-corrected chi connectivity index (χ0v) is 14.4. The molecule has 1 spiro atoms. The van der Waals surface area contributed by atoms with Crippen LogP contribution in [0.3, 0.4) is 0 Å². The number of carbonyl (C=O) groups is 2. The van der Waals surface area contributed by atoms with Crippen molar-refractivity contribution in [1.29, 1.82) is 0 Å². The van der Waals surface area contributed by atoms with E-state index >= 15 is 0 Å². The monoisotopic (exact) mass is 348 g/mol. The molecule has 0 bridgehead atoms. The number of aliphatic hydroxyl groups is 1. The van der Waals surface area contributed by atoms with Crippen molar-refractivity contribution in [1.82, 2.24) is 14.9 Å². The Labute approximate surface area is 146 Å². The minimum Gasteiger partial charge on any atom is -0.476 e. The lowest BCUT2D eigenvalue weighted by molar-refractivity contribution is -0.132. The highest BCUT2D eigenvalue weighted by molar-refractivity contribution is 5.85. The van der Waals surface area contributed by atoms with E-state index in [2.05, 4.69) is 9.97 Å². The van der Waals surface area contributed by atoms with Gasteiger partial charge in [-0.2, -0.15) is 0 Å². The van der Waals surface area contributed by atoms with Crippen molar-refractivity contribution in [3.63, 3.8) is 0 Å². The van der Waals surface area contributed by atoms with Crippen LogP contribution in [0.2, 0.25) is 0 Å². The highest BCUT2D eigenvalue weighted by Crippen LogP contribution is 2.45. The number of anilines is 1. The third-order valence-electron chi connectivity index (χ3n) is 5.78. The van der Waals surface area contributed by atoms with E-state index in [9.17, 15) is 14.7 Å². The Morgan fingerprint density at radius 1 is 1.24 bits per heavy atom. The van der Waals surface area contributed by atoms with Crippen LogP contribution >= 0.6 is 0 Å². The van der Waals surface area contributed by atoms with Crippen molar-refractivity contribution in [2.45, 2.75) is 26.2 Å². The van der Waals surface area contributed by atoms with Crippen molar-refractivity contribution < 1.29 is 19.8 Å². The van der Waals surface area contributed by atoms with E-state index < -0.39 is 5.97 Å². The zero-order chi connectivity index (χ0) is 18.0. The molecule has 3 heterocycles. The van der Waals surface area contributed by atoms with Crippen LogP contribution in [-0.4, -0.2) is 69.7 Å². The molecule has 2 fully saturated rings. The molecule has 1 aromatic heterocycles. The highest BCUT2D eigenvalue weighted by Gasteiger charge is 2.45. The minimum absolute atomic E-state index is 0.0367. The van der Waals surface area contributed by atoms with Gasteiger partial charge in [-0.3, -0.25) is 9.78 Å². The molecule has 1 aromatic rings. The largest absolute Gasteiger partial charge is 0.476 e. The van der Waals surface area contributed by atoms with E-state index in [0.717, 1.165) is 38.9 Å². The fourth-order valence-electron chi connectivity index (χ4n) is 4.11. The van der Waals surface area contributed by atoms with Gasteiger partial charge in [0.05, 0.1) is 12.4 Å². The fraction of sp³-hybridized carbons (Fsp3) is 0.647. The van der Waals surface area contributed by atoms with E-state index in [1.807, 2.05) is 9.80 Å². The molecule has 1 atom stereocenters. The number of carboxylic acids is 1. The van der Waals surface area contributed by atoms with E-state index in [4.69, 9.17) is 5.11 Å². The molecule has 8 nitrogen and oxygen atoms in total. The van der Waals surface area contributed by atoms with E-state index in [1.54, 1.807) is 13.1 Å². The molecule has 1 unspecified atom stereocenters. The number of piperidine rings is 2. The smallest absolute Gasteiger partial charge is 0.356 e. The van der Waals surface area contributed by atoms with Crippen LogP contribution in [0.4, 0.5) is 5.82 Å². The number of hydrogen-bond acceptors (Lipinski definition) is 6. The average molecular weight is 348 g/mol. The second-order valence-corrected chi connectivity index (χ2v) is 7.01. The summed E-state index contributed by atoms with van der Waals surface area (Å²) in [7, 11) is 0. The number of nitrogens with zero attached hydrogens (tertiary/aromatic N) is 4. The van der Waals surface area contributed by atoms with Crippen LogP contribution in [-0.2, 0) is 4.79 Å². The molecule has 0 radical (unpaired) electrons. The van der Waals surface area contributed by atoms with Gasteiger partial charge < -0.3 is 20.0 Å². The third-order valence-corrected chi connectivity index (χ3v) is 5.78. The summed E-state index contributed by atoms with van der Waals surface area (Å²) in [4.78, 5) is 34.6. The van der Waals surface area contributed by atoms with Gasteiger partial charge >= 0.3 is 5.97 Å². The number of aromatic carboxylic acids is 1.